The third kappa shape index (κ3) is 4.61. The van der Waals surface area contributed by atoms with E-state index in [1.165, 1.54) is 0 Å². The SMILES string of the molecule is CC.CCNC(=O)c1ccc(CN)cc1. The van der Waals surface area contributed by atoms with Crippen molar-refractivity contribution in [3.8, 4) is 0 Å². The van der Waals surface area contributed by atoms with E-state index in [1.54, 1.807) is 12.1 Å². The number of amides is 1. The van der Waals surface area contributed by atoms with E-state index in [1.807, 2.05) is 32.9 Å². The molecule has 0 heterocycles. The minimum Gasteiger partial charge on any atom is -0.352 e. The van der Waals surface area contributed by atoms with E-state index in [0.717, 1.165) is 5.56 Å². The van der Waals surface area contributed by atoms with Crippen LogP contribution < -0.4 is 11.1 Å². The van der Waals surface area contributed by atoms with Crippen molar-refractivity contribution in [2.45, 2.75) is 27.3 Å². The zero-order valence-corrected chi connectivity index (χ0v) is 9.71. The molecule has 0 fully saturated rings. The lowest BCUT2D eigenvalue weighted by atomic mass is 10.1. The lowest BCUT2D eigenvalue weighted by Crippen LogP contribution is -2.22. The van der Waals surface area contributed by atoms with Gasteiger partial charge in [0.2, 0.25) is 0 Å². The third-order valence-electron chi connectivity index (χ3n) is 1.79. The van der Waals surface area contributed by atoms with Gasteiger partial charge in [0.1, 0.15) is 0 Å². The number of carbonyl (C=O) groups excluding carboxylic acids is 1. The van der Waals surface area contributed by atoms with Gasteiger partial charge in [-0.15, -0.1) is 0 Å². The molecule has 3 nitrogen and oxygen atoms in total. The average Bonchev–Trinajstić information content (AvgIpc) is 2.32. The highest BCUT2D eigenvalue weighted by atomic mass is 16.1. The molecular weight excluding hydrogens is 188 g/mol. The predicted octanol–water partition coefficient (Wildman–Crippen LogP) is 1.92. The van der Waals surface area contributed by atoms with Gasteiger partial charge in [0.15, 0.2) is 0 Å². The predicted molar refractivity (Wildman–Crippen MR) is 63.7 cm³/mol. The first-order valence-corrected chi connectivity index (χ1v) is 5.35. The van der Waals surface area contributed by atoms with E-state index in [9.17, 15) is 4.79 Å². The lowest BCUT2D eigenvalue weighted by Gasteiger charge is -2.02. The van der Waals surface area contributed by atoms with E-state index in [4.69, 9.17) is 5.73 Å². The van der Waals surface area contributed by atoms with Gasteiger partial charge in [-0.3, -0.25) is 4.79 Å². The molecule has 0 bridgehead atoms. The summed E-state index contributed by atoms with van der Waals surface area (Å²) >= 11 is 0. The molecule has 1 rings (SSSR count). The Balaban J connectivity index is 0.000000921. The van der Waals surface area contributed by atoms with Crippen LogP contribution >= 0.6 is 0 Å². The molecule has 15 heavy (non-hydrogen) atoms. The van der Waals surface area contributed by atoms with Gasteiger partial charge in [-0.25, -0.2) is 0 Å². The number of nitrogens with one attached hydrogen (secondary N) is 1. The second-order valence-electron chi connectivity index (χ2n) is 2.76. The fraction of sp³-hybridized carbons (Fsp3) is 0.417. The van der Waals surface area contributed by atoms with Crippen molar-refractivity contribution in [1.29, 1.82) is 0 Å². The monoisotopic (exact) mass is 208 g/mol. The van der Waals surface area contributed by atoms with Crippen molar-refractivity contribution in [3.05, 3.63) is 35.4 Å². The fourth-order valence-corrected chi connectivity index (χ4v) is 1.05. The van der Waals surface area contributed by atoms with Crippen LogP contribution in [0.1, 0.15) is 36.7 Å². The first-order valence-electron chi connectivity index (χ1n) is 5.35. The van der Waals surface area contributed by atoms with Crippen LogP contribution in [0.15, 0.2) is 24.3 Å². The summed E-state index contributed by atoms with van der Waals surface area (Å²) in [6.07, 6.45) is 0. The molecule has 0 saturated carbocycles. The van der Waals surface area contributed by atoms with Crippen molar-refractivity contribution < 1.29 is 4.79 Å². The lowest BCUT2D eigenvalue weighted by molar-refractivity contribution is 0.0956. The van der Waals surface area contributed by atoms with Crippen molar-refractivity contribution in [2.24, 2.45) is 5.73 Å². The molecule has 3 heteroatoms. The van der Waals surface area contributed by atoms with E-state index in [0.29, 0.717) is 18.7 Å². The smallest absolute Gasteiger partial charge is 0.251 e. The molecule has 0 aromatic heterocycles. The summed E-state index contributed by atoms with van der Waals surface area (Å²) in [6, 6.07) is 7.30. The molecule has 1 aromatic carbocycles. The van der Waals surface area contributed by atoms with Crippen molar-refractivity contribution in [2.75, 3.05) is 6.54 Å². The highest BCUT2D eigenvalue weighted by Gasteiger charge is 2.01. The second-order valence-corrected chi connectivity index (χ2v) is 2.76. The number of hydrogen-bond acceptors (Lipinski definition) is 2. The molecule has 0 aliphatic rings. The van der Waals surface area contributed by atoms with Crippen LogP contribution in [0.4, 0.5) is 0 Å². The molecule has 0 saturated heterocycles. The molecule has 0 unspecified atom stereocenters. The van der Waals surface area contributed by atoms with Crippen LogP contribution in [-0.4, -0.2) is 12.5 Å². The third-order valence-corrected chi connectivity index (χ3v) is 1.79. The van der Waals surface area contributed by atoms with E-state index >= 15 is 0 Å². The molecule has 1 aromatic rings. The van der Waals surface area contributed by atoms with Crippen LogP contribution in [0.2, 0.25) is 0 Å². The van der Waals surface area contributed by atoms with Gasteiger partial charge >= 0.3 is 0 Å². The summed E-state index contributed by atoms with van der Waals surface area (Å²) < 4.78 is 0. The van der Waals surface area contributed by atoms with Crippen molar-refractivity contribution in [3.63, 3.8) is 0 Å². The Morgan fingerprint density at radius 2 is 1.80 bits per heavy atom. The Morgan fingerprint density at radius 1 is 1.27 bits per heavy atom. The number of nitrogens with two attached hydrogens (primary N) is 1. The topological polar surface area (TPSA) is 55.1 Å². The first-order chi connectivity index (χ1) is 7.27. The van der Waals surface area contributed by atoms with Gasteiger partial charge in [-0.2, -0.15) is 0 Å². The van der Waals surface area contributed by atoms with Crippen molar-refractivity contribution in [1.82, 2.24) is 5.32 Å². The maximum Gasteiger partial charge on any atom is 0.251 e. The van der Waals surface area contributed by atoms with Crippen LogP contribution in [0, 0.1) is 0 Å². The molecule has 0 atom stereocenters. The molecule has 84 valence electrons. The summed E-state index contributed by atoms with van der Waals surface area (Å²) in [7, 11) is 0. The highest BCUT2D eigenvalue weighted by Crippen LogP contribution is 2.03. The van der Waals surface area contributed by atoms with Gasteiger partial charge in [-0.05, 0) is 24.6 Å². The first kappa shape index (κ1) is 13.7. The molecule has 0 spiro atoms. The summed E-state index contributed by atoms with van der Waals surface area (Å²) in [5, 5.41) is 2.73. The van der Waals surface area contributed by atoms with E-state index in [2.05, 4.69) is 5.32 Å². The quantitative estimate of drug-likeness (QED) is 0.797. The average molecular weight is 208 g/mol. The summed E-state index contributed by atoms with van der Waals surface area (Å²) in [5.41, 5.74) is 7.15. The van der Waals surface area contributed by atoms with Gasteiger partial charge in [0, 0.05) is 18.7 Å². The zero-order chi connectivity index (χ0) is 11.7. The Hall–Kier alpha value is -1.35. The molecule has 3 N–H and O–H groups in total. The number of carbonyl (C=O) groups is 1. The summed E-state index contributed by atoms with van der Waals surface area (Å²) in [5.74, 6) is -0.0360. The number of rotatable bonds is 3. The van der Waals surface area contributed by atoms with Gasteiger partial charge in [0.05, 0.1) is 0 Å². The molecule has 0 aliphatic carbocycles. The van der Waals surface area contributed by atoms with Crippen molar-refractivity contribution >= 4 is 5.91 Å². The van der Waals surface area contributed by atoms with Crippen LogP contribution in [0.5, 0.6) is 0 Å². The minimum absolute atomic E-state index is 0.0360. The van der Waals surface area contributed by atoms with Crippen LogP contribution in [0.3, 0.4) is 0 Å². The maximum absolute atomic E-state index is 11.3. The molecular formula is C12H20N2O. The number of benzene rings is 1. The number of hydrogen-bond donors (Lipinski definition) is 2. The summed E-state index contributed by atoms with van der Waals surface area (Å²) in [4.78, 5) is 11.3. The molecule has 0 radical (unpaired) electrons. The summed E-state index contributed by atoms with van der Waals surface area (Å²) in [6.45, 7) is 7.05. The Labute approximate surface area is 91.7 Å². The van der Waals surface area contributed by atoms with Crippen LogP contribution in [0.25, 0.3) is 0 Å². The van der Waals surface area contributed by atoms with Gasteiger partial charge in [-0.1, -0.05) is 26.0 Å². The second kappa shape index (κ2) is 8.00. The maximum atomic E-state index is 11.3. The van der Waals surface area contributed by atoms with Gasteiger partial charge in [0.25, 0.3) is 5.91 Å². The minimum atomic E-state index is -0.0360. The standard InChI is InChI=1S/C10H14N2O.C2H6/c1-2-12-10(13)9-5-3-8(7-11)4-6-9;1-2/h3-6H,2,7,11H2,1H3,(H,12,13);1-2H3. The highest BCUT2D eigenvalue weighted by molar-refractivity contribution is 5.94. The largest absolute Gasteiger partial charge is 0.352 e. The Kier molecular flexibility index (Phi) is 7.28. The fourth-order valence-electron chi connectivity index (χ4n) is 1.05. The van der Waals surface area contributed by atoms with Gasteiger partial charge < -0.3 is 11.1 Å². The van der Waals surface area contributed by atoms with E-state index < -0.39 is 0 Å². The Bertz CT molecular complexity index is 280. The van der Waals surface area contributed by atoms with Crippen LogP contribution in [-0.2, 0) is 6.54 Å². The molecule has 0 aliphatic heterocycles. The van der Waals surface area contributed by atoms with E-state index in [-0.39, 0.29) is 5.91 Å². The Morgan fingerprint density at radius 3 is 2.20 bits per heavy atom. The zero-order valence-electron chi connectivity index (χ0n) is 9.71. The molecule has 1 amide bonds. The normalized spacial score (nSPS) is 8.80.